The predicted molar refractivity (Wildman–Crippen MR) is 52.1 cm³/mol. The quantitative estimate of drug-likeness (QED) is 0.587. The number of ether oxygens (including phenoxy) is 1. The van der Waals surface area contributed by atoms with Gasteiger partial charge in [-0.3, -0.25) is 0 Å². The molecule has 1 aliphatic heterocycles. The van der Waals surface area contributed by atoms with E-state index in [1.807, 2.05) is 0 Å². The lowest BCUT2D eigenvalue weighted by Crippen LogP contribution is -2.42. The van der Waals surface area contributed by atoms with Crippen molar-refractivity contribution >= 4 is 0 Å². The highest BCUT2D eigenvalue weighted by atomic mass is 16.5. The first-order valence-electron chi connectivity index (χ1n) is 5.23. The second-order valence-electron chi connectivity index (χ2n) is 4.37. The SMILES string of the molecule is CCC1O[C@@H](C)C(C)C(C)[C@H]1C. The maximum atomic E-state index is 5.93. The smallest absolute Gasteiger partial charge is 0.0604 e. The Kier molecular flexibility index (Phi) is 3.16. The van der Waals surface area contributed by atoms with Gasteiger partial charge in [-0.15, -0.1) is 0 Å². The van der Waals surface area contributed by atoms with Crippen molar-refractivity contribution in [3.05, 3.63) is 0 Å². The van der Waals surface area contributed by atoms with E-state index in [0.29, 0.717) is 18.1 Å². The Morgan fingerprint density at radius 1 is 0.917 bits per heavy atom. The molecular weight excluding hydrogens is 148 g/mol. The normalized spacial score (nSPS) is 49.2. The van der Waals surface area contributed by atoms with Crippen molar-refractivity contribution in [1.82, 2.24) is 0 Å². The molecule has 5 atom stereocenters. The molecule has 0 aromatic carbocycles. The van der Waals surface area contributed by atoms with Gasteiger partial charge in [0.25, 0.3) is 0 Å². The molecule has 12 heavy (non-hydrogen) atoms. The highest BCUT2D eigenvalue weighted by Gasteiger charge is 2.35. The second kappa shape index (κ2) is 3.78. The van der Waals surface area contributed by atoms with Gasteiger partial charge in [-0.2, -0.15) is 0 Å². The molecule has 0 bridgehead atoms. The van der Waals surface area contributed by atoms with Crippen LogP contribution < -0.4 is 0 Å². The molecule has 0 radical (unpaired) electrons. The number of rotatable bonds is 1. The van der Waals surface area contributed by atoms with Crippen LogP contribution in [0.1, 0.15) is 41.0 Å². The van der Waals surface area contributed by atoms with Crippen LogP contribution in [0.2, 0.25) is 0 Å². The van der Waals surface area contributed by atoms with Crippen molar-refractivity contribution in [2.24, 2.45) is 17.8 Å². The monoisotopic (exact) mass is 170 g/mol. The molecule has 1 heteroatoms. The van der Waals surface area contributed by atoms with Gasteiger partial charge >= 0.3 is 0 Å². The Bertz CT molecular complexity index is 139. The van der Waals surface area contributed by atoms with Gasteiger partial charge < -0.3 is 4.74 Å². The van der Waals surface area contributed by atoms with Gasteiger partial charge in [-0.1, -0.05) is 27.7 Å². The Labute approximate surface area is 76.5 Å². The molecule has 72 valence electrons. The van der Waals surface area contributed by atoms with E-state index in [9.17, 15) is 0 Å². The topological polar surface area (TPSA) is 9.23 Å². The second-order valence-corrected chi connectivity index (χ2v) is 4.37. The molecule has 1 fully saturated rings. The first kappa shape index (κ1) is 10.0. The van der Waals surface area contributed by atoms with Gasteiger partial charge in [0.1, 0.15) is 0 Å². The molecule has 0 spiro atoms. The van der Waals surface area contributed by atoms with Crippen molar-refractivity contribution in [1.29, 1.82) is 0 Å². The first-order chi connectivity index (χ1) is 5.57. The summed E-state index contributed by atoms with van der Waals surface area (Å²) in [5.74, 6) is 2.24. The molecule has 0 amide bonds. The lowest BCUT2D eigenvalue weighted by Gasteiger charge is -2.42. The maximum Gasteiger partial charge on any atom is 0.0604 e. The summed E-state index contributed by atoms with van der Waals surface area (Å²) in [6.45, 7) is 11.4. The zero-order valence-corrected chi connectivity index (χ0v) is 9.00. The zero-order valence-electron chi connectivity index (χ0n) is 9.00. The molecule has 1 heterocycles. The highest BCUT2D eigenvalue weighted by Crippen LogP contribution is 2.35. The number of hydrogen-bond acceptors (Lipinski definition) is 1. The molecule has 0 N–H and O–H groups in total. The number of hydrogen-bond donors (Lipinski definition) is 0. The maximum absolute atomic E-state index is 5.93. The molecule has 3 unspecified atom stereocenters. The molecular formula is C11H22O. The highest BCUT2D eigenvalue weighted by molar-refractivity contribution is 4.83. The summed E-state index contributed by atoms with van der Waals surface area (Å²) in [6.07, 6.45) is 2.09. The predicted octanol–water partition coefficient (Wildman–Crippen LogP) is 3.09. The average molecular weight is 170 g/mol. The Morgan fingerprint density at radius 2 is 1.50 bits per heavy atom. The van der Waals surface area contributed by atoms with E-state index in [1.165, 1.54) is 0 Å². The molecule has 1 rings (SSSR count). The van der Waals surface area contributed by atoms with Gasteiger partial charge in [0.05, 0.1) is 12.2 Å². The largest absolute Gasteiger partial charge is 0.375 e. The van der Waals surface area contributed by atoms with Crippen LogP contribution in [0.5, 0.6) is 0 Å². The summed E-state index contributed by atoms with van der Waals surface area (Å²) in [5, 5.41) is 0. The van der Waals surface area contributed by atoms with E-state index in [2.05, 4.69) is 34.6 Å². The third-order valence-corrected chi connectivity index (χ3v) is 3.78. The third-order valence-electron chi connectivity index (χ3n) is 3.78. The Balaban J connectivity index is 2.63. The minimum absolute atomic E-state index is 0.446. The van der Waals surface area contributed by atoms with E-state index in [-0.39, 0.29) is 0 Å². The van der Waals surface area contributed by atoms with Gasteiger partial charge in [0.2, 0.25) is 0 Å². The summed E-state index contributed by atoms with van der Waals surface area (Å²) in [5.41, 5.74) is 0. The van der Waals surface area contributed by atoms with Crippen LogP contribution in [0.4, 0.5) is 0 Å². The molecule has 1 aliphatic rings. The van der Waals surface area contributed by atoms with Crippen molar-refractivity contribution in [3.63, 3.8) is 0 Å². The molecule has 1 nitrogen and oxygen atoms in total. The minimum Gasteiger partial charge on any atom is -0.375 e. The fourth-order valence-electron chi connectivity index (χ4n) is 2.24. The van der Waals surface area contributed by atoms with Crippen molar-refractivity contribution in [2.45, 2.75) is 53.2 Å². The summed E-state index contributed by atoms with van der Waals surface area (Å²) < 4.78 is 5.93. The van der Waals surface area contributed by atoms with E-state index in [4.69, 9.17) is 4.74 Å². The lowest BCUT2D eigenvalue weighted by molar-refractivity contribution is -0.125. The zero-order chi connectivity index (χ0) is 9.30. The Morgan fingerprint density at radius 3 is 2.00 bits per heavy atom. The molecule has 1 saturated heterocycles. The molecule has 0 aliphatic carbocycles. The molecule has 0 aromatic heterocycles. The fourth-order valence-corrected chi connectivity index (χ4v) is 2.24. The Hall–Kier alpha value is -0.0400. The third kappa shape index (κ3) is 1.66. The van der Waals surface area contributed by atoms with E-state index >= 15 is 0 Å². The summed E-state index contributed by atoms with van der Waals surface area (Å²) in [4.78, 5) is 0. The first-order valence-corrected chi connectivity index (χ1v) is 5.23. The summed E-state index contributed by atoms with van der Waals surface area (Å²) >= 11 is 0. The van der Waals surface area contributed by atoms with Crippen LogP contribution in [-0.2, 0) is 4.74 Å². The average Bonchev–Trinajstić information content (AvgIpc) is 2.08. The van der Waals surface area contributed by atoms with Crippen LogP contribution in [-0.4, -0.2) is 12.2 Å². The van der Waals surface area contributed by atoms with Crippen LogP contribution in [0, 0.1) is 17.8 Å². The van der Waals surface area contributed by atoms with Crippen molar-refractivity contribution in [3.8, 4) is 0 Å². The minimum atomic E-state index is 0.446. The van der Waals surface area contributed by atoms with Crippen molar-refractivity contribution < 1.29 is 4.74 Å². The van der Waals surface area contributed by atoms with E-state index < -0.39 is 0 Å². The van der Waals surface area contributed by atoms with E-state index in [0.717, 1.165) is 18.3 Å². The van der Waals surface area contributed by atoms with Crippen LogP contribution in [0.15, 0.2) is 0 Å². The van der Waals surface area contributed by atoms with Gasteiger partial charge in [-0.05, 0) is 31.1 Å². The molecule has 0 aromatic rings. The van der Waals surface area contributed by atoms with E-state index in [1.54, 1.807) is 0 Å². The van der Waals surface area contributed by atoms with Gasteiger partial charge in [-0.25, -0.2) is 0 Å². The van der Waals surface area contributed by atoms with Crippen molar-refractivity contribution in [2.75, 3.05) is 0 Å². The van der Waals surface area contributed by atoms with Gasteiger partial charge in [0, 0.05) is 0 Å². The standard InChI is InChI=1S/C11H22O/c1-6-11-9(4)7(2)8(3)10(5)12-11/h7-11H,6H2,1-5H3/t7?,8?,9-,10+,11?/m1/s1. The fraction of sp³-hybridized carbons (Fsp3) is 1.00. The lowest BCUT2D eigenvalue weighted by atomic mass is 9.76. The van der Waals surface area contributed by atoms with Crippen LogP contribution in [0.3, 0.4) is 0 Å². The summed E-state index contributed by atoms with van der Waals surface area (Å²) in [7, 11) is 0. The van der Waals surface area contributed by atoms with Crippen LogP contribution >= 0.6 is 0 Å². The van der Waals surface area contributed by atoms with Gasteiger partial charge in [0.15, 0.2) is 0 Å². The summed E-state index contributed by atoms with van der Waals surface area (Å²) in [6, 6.07) is 0. The van der Waals surface area contributed by atoms with Crippen LogP contribution in [0.25, 0.3) is 0 Å². The molecule has 0 saturated carbocycles.